The van der Waals surface area contributed by atoms with Crippen molar-refractivity contribution in [1.82, 2.24) is 20.3 Å². The molecule has 0 bridgehead atoms. The van der Waals surface area contributed by atoms with Crippen molar-refractivity contribution >= 4 is 17.5 Å². The van der Waals surface area contributed by atoms with Crippen molar-refractivity contribution in [3.63, 3.8) is 0 Å². The molecule has 1 saturated carbocycles. The van der Waals surface area contributed by atoms with E-state index in [2.05, 4.69) is 27.0 Å². The zero-order valence-electron chi connectivity index (χ0n) is 17.3. The lowest BCUT2D eigenvalue weighted by Gasteiger charge is -2.40. The summed E-state index contributed by atoms with van der Waals surface area (Å²) in [5.41, 5.74) is 2.88. The zero-order chi connectivity index (χ0) is 21.6. The maximum atomic E-state index is 13.3. The Morgan fingerprint density at radius 1 is 0.968 bits per heavy atom. The van der Waals surface area contributed by atoms with Gasteiger partial charge in [-0.2, -0.15) is 0 Å². The van der Waals surface area contributed by atoms with E-state index in [0.717, 1.165) is 18.8 Å². The summed E-state index contributed by atoms with van der Waals surface area (Å²) < 4.78 is 5.80. The van der Waals surface area contributed by atoms with E-state index >= 15 is 0 Å². The average molecular weight is 425 g/mol. The topological polar surface area (TPSA) is 108 Å². The number of hydroxylamine groups is 1. The summed E-state index contributed by atoms with van der Waals surface area (Å²) in [4.78, 5) is 37.9. The highest BCUT2D eigenvalue weighted by Gasteiger charge is 2.42. The lowest BCUT2D eigenvalue weighted by molar-refractivity contribution is -0.148. The van der Waals surface area contributed by atoms with E-state index in [0.29, 0.717) is 32.4 Å². The van der Waals surface area contributed by atoms with E-state index in [9.17, 15) is 14.8 Å². The SMILES string of the molecule is O=C(NO)[C@H]1C[C@H](Oc2ncccn2)CC[C@@H]1C(=O)N1CCN(c2ccccc2)CC1. The van der Waals surface area contributed by atoms with Gasteiger partial charge in [-0.3, -0.25) is 14.8 Å². The Balaban J connectivity index is 1.38. The molecule has 31 heavy (non-hydrogen) atoms. The number of rotatable bonds is 5. The molecule has 1 aliphatic heterocycles. The molecule has 2 N–H and O–H groups in total. The minimum absolute atomic E-state index is 0.0317. The molecule has 2 heterocycles. The number of piperazine rings is 1. The molecule has 0 radical (unpaired) electrons. The Labute approximate surface area is 181 Å². The molecular formula is C22H27N5O4. The van der Waals surface area contributed by atoms with E-state index in [1.54, 1.807) is 23.9 Å². The van der Waals surface area contributed by atoms with Crippen LogP contribution in [0.2, 0.25) is 0 Å². The van der Waals surface area contributed by atoms with Crippen LogP contribution in [-0.2, 0) is 9.59 Å². The van der Waals surface area contributed by atoms with Crippen molar-refractivity contribution in [1.29, 1.82) is 0 Å². The van der Waals surface area contributed by atoms with E-state index in [-0.39, 0.29) is 18.0 Å². The first-order valence-corrected chi connectivity index (χ1v) is 10.6. The Hall–Kier alpha value is -3.20. The third kappa shape index (κ3) is 4.93. The summed E-state index contributed by atoms with van der Waals surface area (Å²) in [6.07, 6.45) is 4.34. The van der Waals surface area contributed by atoms with Crippen LogP contribution in [0.3, 0.4) is 0 Å². The molecule has 0 spiro atoms. The number of para-hydroxylation sites is 1. The number of aromatic nitrogens is 2. The fraction of sp³-hybridized carbons (Fsp3) is 0.455. The summed E-state index contributed by atoms with van der Waals surface area (Å²) in [6, 6.07) is 12.1. The fourth-order valence-electron chi connectivity index (χ4n) is 4.46. The first-order chi connectivity index (χ1) is 15.2. The number of nitrogens with zero attached hydrogens (tertiary/aromatic N) is 4. The summed E-state index contributed by atoms with van der Waals surface area (Å²) in [5.74, 6) is -1.72. The average Bonchev–Trinajstić information content (AvgIpc) is 2.84. The molecule has 2 fully saturated rings. The van der Waals surface area contributed by atoms with Crippen molar-refractivity contribution in [2.45, 2.75) is 25.4 Å². The molecule has 2 aromatic rings. The predicted molar refractivity (Wildman–Crippen MR) is 112 cm³/mol. The summed E-state index contributed by atoms with van der Waals surface area (Å²) >= 11 is 0. The quantitative estimate of drug-likeness (QED) is 0.552. The molecule has 4 rings (SSSR count). The van der Waals surface area contributed by atoms with Crippen LogP contribution in [0.1, 0.15) is 19.3 Å². The highest BCUT2D eigenvalue weighted by molar-refractivity contribution is 5.87. The number of ether oxygens (including phenoxy) is 1. The molecule has 9 heteroatoms. The van der Waals surface area contributed by atoms with Gasteiger partial charge in [0.05, 0.1) is 11.8 Å². The summed E-state index contributed by atoms with van der Waals surface area (Å²) in [7, 11) is 0. The number of carbonyl (C=O) groups excluding carboxylic acids is 2. The van der Waals surface area contributed by atoms with E-state index < -0.39 is 17.7 Å². The number of benzene rings is 1. The monoisotopic (exact) mass is 425 g/mol. The maximum Gasteiger partial charge on any atom is 0.316 e. The van der Waals surface area contributed by atoms with Gasteiger partial charge in [0.15, 0.2) is 0 Å². The third-order valence-electron chi connectivity index (χ3n) is 6.09. The molecule has 1 saturated heterocycles. The van der Waals surface area contributed by atoms with Crippen LogP contribution in [0, 0.1) is 11.8 Å². The van der Waals surface area contributed by atoms with Gasteiger partial charge in [-0.1, -0.05) is 18.2 Å². The molecule has 0 unspecified atom stereocenters. The van der Waals surface area contributed by atoms with Gasteiger partial charge in [0, 0.05) is 44.3 Å². The number of nitrogens with one attached hydrogen (secondary N) is 1. The van der Waals surface area contributed by atoms with Gasteiger partial charge in [-0.15, -0.1) is 0 Å². The Morgan fingerprint density at radius 3 is 2.35 bits per heavy atom. The van der Waals surface area contributed by atoms with Crippen molar-refractivity contribution < 1.29 is 19.5 Å². The molecule has 9 nitrogen and oxygen atoms in total. The van der Waals surface area contributed by atoms with Crippen LogP contribution >= 0.6 is 0 Å². The second kappa shape index (κ2) is 9.74. The Bertz CT molecular complexity index is 874. The number of hydrogen-bond acceptors (Lipinski definition) is 7. The first-order valence-electron chi connectivity index (χ1n) is 10.6. The largest absolute Gasteiger partial charge is 0.460 e. The van der Waals surface area contributed by atoms with Crippen LogP contribution in [-0.4, -0.2) is 64.2 Å². The normalized spacial score (nSPS) is 23.8. The fourth-order valence-corrected chi connectivity index (χ4v) is 4.46. The Kier molecular flexibility index (Phi) is 6.61. The van der Waals surface area contributed by atoms with Crippen molar-refractivity contribution in [3.05, 3.63) is 48.8 Å². The van der Waals surface area contributed by atoms with E-state index in [1.165, 1.54) is 0 Å². The lowest BCUT2D eigenvalue weighted by Crippen LogP contribution is -2.53. The standard InChI is InChI=1S/C22H27N5O4/c28-20(25-30)19-15-17(31-22-23-9-4-10-24-22)7-8-18(19)21(29)27-13-11-26(12-14-27)16-5-2-1-3-6-16/h1-6,9-10,17-19,30H,7-8,11-15H2,(H,25,28)/t17-,18+,19+/m1/s1. The number of amides is 2. The van der Waals surface area contributed by atoms with Crippen LogP contribution in [0.4, 0.5) is 5.69 Å². The molecule has 1 aromatic heterocycles. The molecule has 1 aliphatic carbocycles. The zero-order valence-corrected chi connectivity index (χ0v) is 17.3. The van der Waals surface area contributed by atoms with Gasteiger partial charge in [0.2, 0.25) is 11.8 Å². The predicted octanol–water partition coefficient (Wildman–Crippen LogP) is 1.49. The molecule has 2 aliphatic rings. The van der Waals surface area contributed by atoms with Crippen molar-refractivity contribution in [3.8, 4) is 6.01 Å². The van der Waals surface area contributed by atoms with Crippen molar-refractivity contribution in [2.24, 2.45) is 11.8 Å². The van der Waals surface area contributed by atoms with Gasteiger partial charge in [-0.25, -0.2) is 15.4 Å². The molecular weight excluding hydrogens is 398 g/mol. The number of hydrogen-bond donors (Lipinski definition) is 2. The third-order valence-corrected chi connectivity index (χ3v) is 6.09. The highest BCUT2D eigenvalue weighted by Crippen LogP contribution is 2.34. The minimum atomic E-state index is -0.660. The second-order valence-electron chi connectivity index (χ2n) is 7.92. The van der Waals surface area contributed by atoms with Crippen molar-refractivity contribution in [2.75, 3.05) is 31.1 Å². The Morgan fingerprint density at radius 2 is 1.68 bits per heavy atom. The maximum absolute atomic E-state index is 13.3. The van der Waals surface area contributed by atoms with Gasteiger partial charge in [0.25, 0.3) is 0 Å². The van der Waals surface area contributed by atoms with Crippen LogP contribution < -0.4 is 15.1 Å². The van der Waals surface area contributed by atoms with Gasteiger partial charge in [-0.05, 0) is 37.5 Å². The van der Waals surface area contributed by atoms with Gasteiger partial charge in [0.1, 0.15) is 6.10 Å². The molecule has 1 aromatic carbocycles. The summed E-state index contributed by atoms with van der Waals surface area (Å²) in [6.45, 7) is 2.71. The number of carbonyl (C=O) groups is 2. The van der Waals surface area contributed by atoms with Gasteiger partial charge < -0.3 is 14.5 Å². The summed E-state index contributed by atoms with van der Waals surface area (Å²) in [5, 5.41) is 9.24. The van der Waals surface area contributed by atoms with Crippen LogP contribution in [0.5, 0.6) is 6.01 Å². The smallest absolute Gasteiger partial charge is 0.316 e. The first kappa shape index (κ1) is 21.0. The lowest BCUT2D eigenvalue weighted by atomic mass is 9.76. The van der Waals surface area contributed by atoms with Crippen LogP contribution in [0.15, 0.2) is 48.8 Å². The number of anilines is 1. The highest BCUT2D eigenvalue weighted by atomic mass is 16.5. The second-order valence-corrected chi connectivity index (χ2v) is 7.92. The molecule has 3 atom stereocenters. The molecule has 164 valence electrons. The van der Waals surface area contributed by atoms with Crippen LogP contribution in [0.25, 0.3) is 0 Å². The van der Waals surface area contributed by atoms with E-state index in [1.807, 2.05) is 23.1 Å². The minimum Gasteiger partial charge on any atom is -0.460 e. The van der Waals surface area contributed by atoms with Gasteiger partial charge >= 0.3 is 6.01 Å². The van der Waals surface area contributed by atoms with E-state index in [4.69, 9.17) is 4.74 Å². The molecule has 2 amide bonds.